The van der Waals surface area contributed by atoms with Crippen LogP contribution < -0.4 is 0 Å². The second-order valence-corrected chi connectivity index (χ2v) is 2.06. The molecule has 1 aromatic heterocycles. The lowest BCUT2D eigenvalue weighted by Crippen LogP contribution is -1.96. The average molecular weight is 197 g/mol. The van der Waals surface area contributed by atoms with Gasteiger partial charge in [0, 0.05) is 12.4 Å². The van der Waals surface area contributed by atoms with E-state index in [0.29, 0.717) is 0 Å². The molecular formula is C11H19NO2. The van der Waals surface area contributed by atoms with Crippen molar-refractivity contribution in [1.29, 1.82) is 0 Å². The monoisotopic (exact) mass is 197 g/mol. The molecule has 3 nitrogen and oxygen atoms in total. The first-order chi connectivity index (χ1) is 6.70. The number of carboxylic acid groups (broad SMARTS) is 1. The minimum Gasteiger partial charge on any atom is -0.478 e. The highest BCUT2D eigenvalue weighted by molar-refractivity contribution is 5.87. The largest absolute Gasteiger partial charge is 0.478 e. The van der Waals surface area contributed by atoms with Crippen LogP contribution in [0.5, 0.6) is 0 Å². The van der Waals surface area contributed by atoms with Gasteiger partial charge in [-0.05, 0) is 18.6 Å². The van der Waals surface area contributed by atoms with Gasteiger partial charge in [-0.2, -0.15) is 0 Å². The number of carbonyl (C=O) groups is 1. The molecule has 0 aliphatic rings. The summed E-state index contributed by atoms with van der Waals surface area (Å²) in [5, 5.41) is 8.47. The summed E-state index contributed by atoms with van der Waals surface area (Å²) in [6.07, 6.45) is 2.95. The zero-order chi connectivity index (χ0) is 11.6. The van der Waals surface area contributed by atoms with Crippen LogP contribution in [0, 0.1) is 6.92 Å². The lowest BCUT2D eigenvalue weighted by atomic mass is 10.2. The van der Waals surface area contributed by atoms with Crippen molar-refractivity contribution in [2.24, 2.45) is 0 Å². The van der Waals surface area contributed by atoms with Gasteiger partial charge in [-0.3, -0.25) is 4.98 Å². The van der Waals surface area contributed by atoms with Gasteiger partial charge in [0.15, 0.2) is 0 Å². The molecule has 0 aromatic carbocycles. The Labute approximate surface area is 85.8 Å². The maximum Gasteiger partial charge on any atom is 0.337 e. The Hall–Kier alpha value is -1.38. The fourth-order valence-corrected chi connectivity index (χ4v) is 0.672. The Morgan fingerprint density at radius 2 is 1.71 bits per heavy atom. The van der Waals surface area contributed by atoms with E-state index in [-0.39, 0.29) is 5.56 Å². The summed E-state index contributed by atoms with van der Waals surface area (Å²) in [7, 11) is 0. The number of carboxylic acids is 1. The van der Waals surface area contributed by atoms with Crippen LogP contribution in [0.2, 0.25) is 0 Å². The quantitative estimate of drug-likeness (QED) is 0.752. The third-order valence-corrected chi connectivity index (χ3v) is 1.12. The van der Waals surface area contributed by atoms with Gasteiger partial charge in [-0.25, -0.2) is 4.79 Å². The van der Waals surface area contributed by atoms with Gasteiger partial charge in [0.25, 0.3) is 0 Å². The number of hydrogen-bond donors (Lipinski definition) is 1. The number of rotatable bonds is 1. The van der Waals surface area contributed by atoms with Crippen molar-refractivity contribution in [3.63, 3.8) is 0 Å². The zero-order valence-electron chi connectivity index (χ0n) is 9.53. The van der Waals surface area contributed by atoms with Gasteiger partial charge >= 0.3 is 5.97 Å². The predicted octanol–water partition coefficient (Wildman–Crippen LogP) is 3.14. The normalized spacial score (nSPS) is 7.50. The fourth-order valence-electron chi connectivity index (χ4n) is 0.672. The van der Waals surface area contributed by atoms with Gasteiger partial charge in [0.2, 0.25) is 0 Å². The minimum absolute atomic E-state index is 0.236. The summed E-state index contributed by atoms with van der Waals surface area (Å²) in [6, 6.07) is 1.58. The lowest BCUT2D eigenvalue weighted by Gasteiger charge is -1.92. The number of aryl methyl sites for hydroxylation is 1. The van der Waals surface area contributed by atoms with E-state index >= 15 is 0 Å². The van der Waals surface area contributed by atoms with Crippen LogP contribution >= 0.6 is 0 Å². The summed E-state index contributed by atoms with van der Waals surface area (Å²) in [5.41, 5.74) is 1.10. The molecule has 14 heavy (non-hydrogen) atoms. The first-order valence-electron chi connectivity index (χ1n) is 4.85. The maximum atomic E-state index is 10.3. The van der Waals surface area contributed by atoms with E-state index in [9.17, 15) is 4.79 Å². The van der Waals surface area contributed by atoms with Gasteiger partial charge in [0.1, 0.15) is 0 Å². The number of aromatic nitrogens is 1. The van der Waals surface area contributed by atoms with Gasteiger partial charge in [-0.1, -0.05) is 27.7 Å². The van der Waals surface area contributed by atoms with E-state index in [0.717, 1.165) is 5.56 Å². The molecule has 1 N–H and O–H groups in total. The van der Waals surface area contributed by atoms with E-state index in [1.54, 1.807) is 19.2 Å². The molecule has 80 valence electrons. The molecule has 1 aromatic rings. The number of nitrogens with zero attached hydrogens (tertiary/aromatic N) is 1. The Bertz CT molecular complexity index is 259. The summed E-state index contributed by atoms with van der Waals surface area (Å²) < 4.78 is 0. The van der Waals surface area contributed by atoms with Gasteiger partial charge in [-0.15, -0.1) is 0 Å². The Balaban J connectivity index is 0. The highest BCUT2D eigenvalue weighted by Gasteiger charge is 2.00. The zero-order valence-corrected chi connectivity index (χ0v) is 9.53. The molecule has 0 fully saturated rings. The van der Waals surface area contributed by atoms with Crippen LogP contribution in [-0.4, -0.2) is 16.1 Å². The molecular weight excluding hydrogens is 178 g/mol. The van der Waals surface area contributed by atoms with Crippen LogP contribution in [0.4, 0.5) is 0 Å². The molecule has 3 heteroatoms. The second kappa shape index (κ2) is 9.71. The summed E-state index contributed by atoms with van der Waals surface area (Å²) in [4.78, 5) is 14.0. The minimum atomic E-state index is -0.934. The van der Waals surface area contributed by atoms with Gasteiger partial charge < -0.3 is 5.11 Å². The molecule has 0 radical (unpaired) electrons. The number of aromatic carboxylic acids is 1. The van der Waals surface area contributed by atoms with Crippen molar-refractivity contribution in [3.8, 4) is 0 Å². The van der Waals surface area contributed by atoms with Crippen molar-refractivity contribution < 1.29 is 9.90 Å². The van der Waals surface area contributed by atoms with Crippen molar-refractivity contribution in [3.05, 3.63) is 29.6 Å². The Morgan fingerprint density at radius 3 is 2.00 bits per heavy atom. The van der Waals surface area contributed by atoms with Crippen LogP contribution in [0.1, 0.15) is 43.6 Å². The standard InChI is InChI=1S/C7H7NO2.2C2H6/c1-5-2-6(7(9)10)4-8-3-5;2*1-2/h2-4H,1H3,(H,9,10);2*1-2H3. The van der Waals surface area contributed by atoms with E-state index in [1.807, 2.05) is 27.7 Å². The van der Waals surface area contributed by atoms with Crippen molar-refractivity contribution in [1.82, 2.24) is 4.98 Å². The molecule has 0 unspecified atom stereocenters. The first kappa shape index (κ1) is 15.1. The molecule has 0 amide bonds. The maximum absolute atomic E-state index is 10.3. The second-order valence-electron chi connectivity index (χ2n) is 2.06. The van der Waals surface area contributed by atoms with Crippen molar-refractivity contribution in [2.45, 2.75) is 34.6 Å². The van der Waals surface area contributed by atoms with Crippen LogP contribution in [-0.2, 0) is 0 Å². The van der Waals surface area contributed by atoms with Crippen LogP contribution in [0.3, 0.4) is 0 Å². The third-order valence-electron chi connectivity index (χ3n) is 1.12. The Morgan fingerprint density at radius 1 is 1.21 bits per heavy atom. The van der Waals surface area contributed by atoms with Gasteiger partial charge in [0.05, 0.1) is 5.56 Å². The van der Waals surface area contributed by atoms with Crippen LogP contribution in [0.15, 0.2) is 18.5 Å². The first-order valence-corrected chi connectivity index (χ1v) is 4.85. The summed E-state index contributed by atoms with van der Waals surface area (Å²) in [5.74, 6) is -0.934. The molecule has 0 aliphatic heterocycles. The third kappa shape index (κ3) is 6.17. The molecule has 1 rings (SSSR count). The molecule has 0 atom stereocenters. The smallest absolute Gasteiger partial charge is 0.337 e. The van der Waals surface area contributed by atoms with Crippen molar-refractivity contribution in [2.75, 3.05) is 0 Å². The number of hydrogen-bond acceptors (Lipinski definition) is 2. The predicted molar refractivity (Wildman–Crippen MR) is 58.6 cm³/mol. The molecule has 1 heterocycles. The molecule has 0 saturated heterocycles. The van der Waals surface area contributed by atoms with E-state index in [1.165, 1.54) is 6.20 Å². The SMILES string of the molecule is CC.CC.Cc1cncc(C(=O)O)c1. The van der Waals surface area contributed by atoms with Crippen molar-refractivity contribution >= 4 is 5.97 Å². The molecule has 0 saturated carbocycles. The summed E-state index contributed by atoms with van der Waals surface area (Å²) in [6.45, 7) is 9.80. The lowest BCUT2D eigenvalue weighted by molar-refractivity contribution is 0.0696. The topological polar surface area (TPSA) is 50.2 Å². The molecule has 0 aliphatic carbocycles. The highest BCUT2D eigenvalue weighted by atomic mass is 16.4. The average Bonchev–Trinajstić information content (AvgIpc) is 2.24. The molecule has 0 bridgehead atoms. The molecule has 0 spiro atoms. The van der Waals surface area contributed by atoms with E-state index < -0.39 is 5.97 Å². The number of pyridine rings is 1. The fraction of sp³-hybridized carbons (Fsp3) is 0.455. The highest BCUT2D eigenvalue weighted by Crippen LogP contribution is 1.99. The van der Waals surface area contributed by atoms with Crippen LogP contribution in [0.25, 0.3) is 0 Å². The van der Waals surface area contributed by atoms with E-state index in [4.69, 9.17) is 5.11 Å². The van der Waals surface area contributed by atoms with E-state index in [2.05, 4.69) is 4.98 Å². The summed E-state index contributed by atoms with van der Waals surface area (Å²) >= 11 is 0. The Kier molecular flexibility index (Phi) is 10.5.